The number of amides is 1. The number of aromatic hydroxyl groups is 1. The van der Waals surface area contributed by atoms with Gasteiger partial charge in [-0.25, -0.2) is 0 Å². The third-order valence-corrected chi connectivity index (χ3v) is 2.32. The van der Waals surface area contributed by atoms with E-state index in [1.165, 1.54) is 13.2 Å². The fourth-order valence-corrected chi connectivity index (χ4v) is 1.55. The summed E-state index contributed by atoms with van der Waals surface area (Å²) < 4.78 is 4.99. The van der Waals surface area contributed by atoms with Gasteiger partial charge in [0.25, 0.3) is 0 Å². The summed E-state index contributed by atoms with van der Waals surface area (Å²) >= 11 is 0. The van der Waals surface area contributed by atoms with Gasteiger partial charge in [0.15, 0.2) is 11.5 Å². The Morgan fingerprint density at radius 3 is 2.59 bits per heavy atom. The molecule has 17 heavy (non-hydrogen) atoms. The normalized spacial score (nSPS) is 12.5. The van der Waals surface area contributed by atoms with E-state index in [1.54, 1.807) is 12.1 Å². The minimum Gasteiger partial charge on any atom is -0.504 e. The smallest absolute Gasteiger partial charge is 0.239 e. The molecule has 0 aromatic heterocycles. The number of carbonyl (C=O) groups excluding carboxylic acids is 1. The summed E-state index contributed by atoms with van der Waals surface area (Å²) in [5.74, 6) is -0.116. The highest BCUT2D eigenvalue weighted by Gasteiger charge is 2.19. The second-order valence-electron chi connectivity index (χ2n) is 4.09. The highest BCUT2D eigenvalue weighted by Crippen LogP contribution is 2.29. The Kier molecular flexibility index (Phi) is 4.34. The number of primary amides is 1. The minimum atomic E-state index is -0.593. The molecule has 5 nitrogen and oxygen atoms in total. The molecule has 0 bridgehead atoms. The number of nitrogens with one attached hydrogen (secondary N) is 1. The van der Waals surface area contributed by atoms with Crippen molar-refractivity contribution in [3.8, 4) is 11.5 Å². The van der Waals surface area contributed by atoms with Gasteiger partial charge in [-0.1, -0.05) is 6.07 Å². The van der Waals surface area contributed by atoms with Crippen LogP contribution in [0, 0.1) is 0 Å². The van der Waals surface area contributed by atoms with Crippen molar-refractivity contribution in [3.63, 3.8) is 0 Å². The summed E-state index contributed by atoms with van der Waals surface area (Å²) in [6, 6.07) is 4.24. The second kappa shape index (κ2) is 5.54. The standard InChI is InChI=1S/C12H18N2O3/c1-7(2)14-11(12(13)16)8-4-5-9(15)10(6-8)17-3/h4-7,11,14-15H,1-3H3,(H2,13,16). The summed E-state index contributed by atoms with van der Waals surface area (Å²) in [5.41, 5.74) is 6.01. The van der Waals surface area contributed by atoms with E-state index in [1.807, 2.05) is 13.8 Å². The van der Waals surface area contributed by atoms with Gasteiger partial charge < -0.3 is 15.6 Å². The molecule has 0 saturated carbocycles. The van der Waals surface area contributed by atoms with Gasteiger partial charge in [0, 0.05) is 6.04 Å². The molecule has 0 saturated heterocycles. The van der Waals surface area contributed by atoms with Crippen molar-refractivity contribution < 1.29 is 14.6 Å². The lowest BCUT2D eigenvalue weighted by atomic mass is 10.0. The van der Waals surface area contributed by atoms with Gasteiger partial charge in [0.1, 0.15) is 6.04 Å². The Bertz CT molecular complexity index is 405. The number of phenols is 1. The Morgan fingerprint density at radius 1 is 1.47 bits per heavy atom. The number of benzene rings is 1. The van der Waals surface area contributed by atoms with E-state index in [0.717, 1.165) is 0 Å². The van der Waals surface area contributed by atoms with E-state index in [2.05, 4.69) is 5.32 Å². The van der Waals surface area contributed by atoms with Crippen molar-refractivity contribution in [1.29, 1.82) is 0 Å². The van der Waals surface area contributed by atoms with E-state index in [4.69, 9.17) is 10.5 Å². The molecule has 1 rings (SSSR count). The average molecular weight is 238 g/mol. The van der Waals surface area contributed by atoms with Crippen LogP contribution in [0.25, 0.3) is 0 Å². The second-order valence-corrected chi connectivity index (χ2v) is 4.09. The van der Waals surface area contributed by atoms with Crippen LogP contribution in [0.3, 0.4) is 0 Å². The lowest BCUT2D eigenvalue weighted by Gasteiger charge is -2.19. The van der Waals surface area contributed by atoms with Crippen molar-refractivity contribution in [3.05, 3.63) is 23.8 Å². The fraction of sp³-hybridized carbons (Fsp3) is 0.417. The first-order valence-electron chi connectivity index (χ1n) is 5.38. The molecule has 5 heteroatoms. The molecule has 1 amide bonds. The van der Waals surface area contributed by atoms with Crippen molar-refractivity contribution in [2.75, 3.05) is 7.11 Å². The van der Waals surface area contributed by atoms with Gasteiger partial charge >= 0.3 is 0 Å². The summed E-state index contributed by atoms with van der Waals surface area (Å²) in [6.07, 6.45) is 0. The molecule has 0 aliphatic carbocycles. The molecule has 0 radical (unpaired) electrons. The Hall–Kier alpha value is -1.75. The molecule has 94 valence electrons. The van der Waals surface area contributed by atoms with Crippen LogP contribution < -0.4 is 15.8 Å². The maximum atomic E-state index is 11.4. The van der Waals surface area contributed by atoms with Crippen LogP contribution in [0.1, 0.15) is 25.5 Å². The van der Waals surface area contributed by atoms with Crippen LogP contribution >= 0.6 is 0 Å². The van der Waals surface area contributed by atoms with Crippen LogP contribution in [-0.2, 0) is 4.79 Å². The molecule has 1 aromatic rings. The quantitative estimate of drug-likeness (QED) is 0.712. The monoisotopic (exact) mass is 238 g/mol. The van der Waals surface area contributed by atoms with E-state index in [9.17, 15) is 9.90 Å². The third kappa shape index (κ3) is 3.35. The molecule has 4 N–H and O–H groups in total. The number of methoxy groups -OCH3 is 1. The number of carbonyl (C=O) groups is 1. The molecule has 1 aromatic carbocycles. The summed E-state index contributed by atoms with van der Waals surface area (Å²) in [6.45, 7) is 3.85. The van der Waals surface area contributed by atoms with Crippen LogP contribution in [0.15, 0.2) is 18.2 Å². The molecule has 0 fully saturated rings. The first-order valence-corrected chi connectivity index (χ1v) is 5.38. The SMILES string of the molecule is COc1cc(C(NC(C)C)C(N)=O)ccc1O. The zero-order valence-electron chi connectivity index (χ0n) is 10.2. The Balaban J connectivity index is 3.06. The van der Waals surface area contributed by atoms with Crippen molar-refractivity contribution >= 4 is 5.91 Å². The molecule has 1 atom stereocenters. The molecule has 1 unspecified atom stereocenters. The van der Waals surface area contributed by atoms with Gasteiger partial charge in [0.2, 0.25) is 5.91 Å². The van der Waals surface area contributed by atoms with Gasteiger partial charge in [-0.05, 0) is 31.5 Å². The summed E-state index contributed by atoms with van der Waals surface area (Å²) in [4.78, 5) is 11.4. The zero-order valence-corrected chi connectivity index (χ0v) is 10.2. The number of hydrogen-bond donors (Lipinski definition) is 3. The topological polar surface area (TPSA) is 84.6 Å². The molecule has 0 aliphatic heterocycles. The number of nitrogens with two attached hydrogens (primary N) is 1. The molecular weight excluding hydrogens is 220 g/mol. The first-order chi connectivity index (χ1) is 7.95. The van der Waals surface area contributed by atoms with Crippen molar-refractivity contribution in [2.24, 2.45) is 5.73 Å². The van der Waals surface area contributed by atoms with Gasteiger partial charge in [-0.15, -0.1) is 0 Å². The predicted molar refractivity (Wildman–Crippen MR) is 64.9 cm³/mol. The van der Waals surface area contributed by atoms with Gasteiger partial charge in [0.05, 0.1) is 7.11 Å². The number of rotatable bonds is 5. The van der Waals surface area contributed by atoms with Crippen LogP contribution in [0.2, 0.25) is 0 Å². The molecule has 0 heterocycles. The van der Waals surface area contributed by atoms with E-state index in [-0.39, 0.29) is 11.8 Å². The van der Waals surface area contributed by atoms with Gasteiger partial charge in [-0.2, -0.15) is 0 Å². The lowest BCUT2D eigenvalue weighted by molar-refractivity contribution is -0.120. The Labute approximate surface area is 101 Å². The minimum absolute atomic E-state index is 0.0315. The molecular formula is C12H18N2O3. The van der Waals surface area contributed by atoms with Crippen LogP contribution in [0.4, 0.5) is 0 Å². The summed E-state index contributed by atoms with van der Waals surface area (Å²) in [5, 5.41) is 12.5. The maximum absolute atomic E-state index is 11.4. The Morgan fingerprint density at radius 2 is 2.12 bits per heavy atom. The largest absolute Gasteiger partial charge is 0.504 e. The number of ether oxygens (including phenoxy) is 1. The summed E-state index contributed by atoms with van der Waals surface area (Å²) in [7, 11) is 1.45. The zero-order chi connectivity index (χ0) is 13.0. The van der Waals surface area contributed by atoms with E-state index < -0.39 is 11.9 Å². The lowest BCUT2D eigenvalue weighted by Crippen LogP contribution is -2.37. The van der Waals surface area contributed by atoms with Crippen molar-refractivity contribution in [2.45, 2.75) is 25.9 Å². The molecule has 0 spiro atoms. The average Bonchev–Trinajstić information content (AvgIpc) is 2.26. The third-order valence-electron chi connectivity index (χ3n) is 2.32. The highest BCUT2D eigenvalue weighted by molar-refractivity contribution is 5.81. The van der Waals surface area contributed by atoms with E-state index in [0.29, 0.717) is 11.3 Å². The van der Waals surface area contributed by atoms with E-state index >= 15 is 0 Å². The highest BCUT2D eigenvalue weighted by atomic mass is 16.5. The fourth-order valence-electron chi connectivity index (χ4n) is 1.55. The first kappa shape index (κ1) is 13.3. The maximum Gasteiger partial charge on any atom is 0.239 e. The van der Waals surface area contributed by atoms with Crippen LogP contribution in [0.5, 0.6) is 11.5 Å². The van der Waals surface area contributed by atoms with Crippen molar-refractivity contribution in [1.82, 2.24) is 5.32 Å². The predicted octanol–water partition coefficient (Wildman–Crippen LogP) is 0.925. The molecule has 0 aliphatic rings. The van der Waals surface area contributed by atoms with Gasteiger partial charge in [-0.3, -0.25) is 10.1 Å². The van der Waals surface area contributed by atoms with Crippen LogP contribution in [-0.4, -0.2) is 24.2 Å². The number of hydrogen-bond acceptors (Lipinski definition) is 4. The number of phenolic OH excluding ortho intramolecular Hbond substituents is 1.